The van der Waals surface area contributed by atoms with Gasteiger partial charge in [0.15, 0.2) is 0 Å². The molecule has 0 heterocycles. The third-order valence-electron chi connectivity index (χ3n) is 2.05. The number of hydrogen-bond donors (Lipinski definition) is 2. The molecule has 0 aromatic carbocycles. The molecule has 0 aromatic heterocycles. The highest BCUT2D eigenvalue weighted by molar-refractivity contribution is 4.69. The van der Waals surface area contributed by atoms with E-state index in [4.69, 9.17) is 9.84 Å². The van der Waals surface area contributed by atoms with Crippen molar-refractivity contribution in [1.82, 2.24) is 5.32 Å². The van der Waals surface area contributed by atoms with Crippen LogP contribution in [0, 0.1) is 5.92 Å². The number of ether oxygens (including phenoxy) is 1. The molecule has 2 N–H and O–H groups in total. The molecule has 1 atom stereocenters. The maximum atomic E-state index is 8.62. The summed E-state index contributed by atoms with van der Waals surface area (Å²) in [5.74, 6) is 0.574. The van der Waals surface area contributed by atoms with Gasteiger partial charge in [0, 0.05) is 19.3 Å². The van der Waals surface area contributed by atoms with Crippen molar-refractivity contribution in [3.63, 3.8) is 0 Å². The minimum atomic E-state index is 0.256. The van der Waals surface area contributed by atoms with Gasteiger partial charge in [-0.2, -0.15) is 0 Å². The molecule has 13 heavy (non-hydrogen) atoms. The van der Waals surface area contributed by atoms with E-state index in [-0.39, 0.29) is 6.61 Å². The number of hydrogen-bond acceptors (Lipinski definition) is 3. The molecule has 3 heteroatoms. The second-order valence-corrected chi connectivity index (χ2v) is 3.54. The van der Waals surface area contributed by atoms with Gasteiger partial charge in [-0.1, -0.05) is 13.8 Å². The van der Waals surface area contributed by atoms with Crippen LogP contribution < -0.4 is 5.32 Å². The number of rotatable bonds is 8. The fraction of sp³-hybridized carbons (Fsp3) is 1.00. The van der Waals surface area contributed by atoms with E-state index < -0.39 is 0 Å². The lowest BCUT2D eigenvalue weighted by molar-refractivity contribution is 0.107. The van der Waals surface area contributed by atoms with E-state index in [1.807, 2.05) is 6.92 Å². The normalized spacial score (nSPS) is 13.6. The minimum absolute atomic E-state index is 0.256. The Morgan fingerprint density at radius 3 is 2.54 bits per heavy atom. The second kappa shape index (κ2) is 8.48. The number of aliphatic hydroxyl groups excluding tert-OH is 1. The van der Waals surface area contributed by atoms with Crippen LogP contribution in [0.25, 0.3) is 0 Å². The lowest BCUT2D eigenvalue weighted by Gasteiger charge is -2.21. The monoisotopic (exact) mass is 189 g/mol. The molecule has 0 aromatic rings. The first-order valence-corrected chi connectivity index (χ1v) is 5.14. The predicted molar refractivity (Wildman–Crippen MR) is 54.8 cm³/mol. The third kappa shape index (κ3) is 6.99. The molecule has 0 bridgehead atoms. The molecule has 0 saturated heterocycles. The van der Waals surface area contributed by atoms with Gasteiger partial charge in [0.2, 0.25) is 0 Å². The average Bonchev–Trinajstić information content (AvgIpc) is 2.10. The highest BCUT2D eigenvalue weighted by Crippen LogP contribution is 2.01. The van der Waals surface area contributed by atoms with Gasteiger partial charge in [-0.25, -0.2) is 0 Å². The smallest absolute Gasteiger partial charge is 0.0621 e. The molecule has 1 unspecified atom stereocenters. The lowest BCUT2D eigenvalue weighted by Crippen LogP contribution is -2.38. The predicted octanol–water partition coefficient (Wildman–Crippen LogP) is 1.02. The lowest BCUT2D eigenvalue weighted by atomic mass is 10.1. The van der Waals surface area contributed by atoms with Crippen molar-refractivity contribution in [2.45, 2.75) is 33.2 Å². The Balaban J connectivity index is 3.54. The van der Waals surface area contributed by atoms with Gasteiger partial charge in [0.05, 0.1) is 6.61 Å². The average molecular weight is 189 g/mol. The topological polar surface area (TPSA) is 41.5 Å². The summed E-state index contributed by atoms with van der Waals surface area (Å²) in [6, 6.07) is 0.409. The van der Waals surface area contributed by atoms with Crippen LogP contribution >= 0.6 is 0 Å². The molecule has 0 spiro atoms. The molecular formula is C10H23NO2. The van der Waals surface area contributed by atoms with Crippen molar-refractivity contribution in [3.05, 3.63) is 0 Å². The minimum Gasteiger partial charge on any atom is -0.396 e. The molecule has 0 aliphatic carbocycles. The molecule has 0 saturated carbocycles. The van der Waals surface area contributed by atoms with Gasteiger partial charge in [-0.05, 0) is 25.8 Å². The molecule has 0 aliphatic rings. The maximum absolute atomic E-state index is 8.62. The van der Waals surface area contributed by atoms with Gasteiger partial charge >= 0.3 is 0 Å². The van der Waals surface area contributed by atoms with Gasteiger partial charge in [-0.15, -0.1) is 0 Å². The van der Waals surface area contributed by atoms with Crippen molar-refractivity contribution >= 4 is 0 Å². The van der Waals surface area contributed by atoms with Crippen LogP contribution in [0.5, 0.6) is 0 Å². The van der Waals surface area contributed by atoms with Crippen molar-refractivity contribution < 1.29 is 9.84 Å². The summed E-state index contributed by atoms with van der Waals surface area (Å²) in [4.78, 5) is 0. The quantitative estimate of drug-likeness (QED) is 0.560. The van der Waals surface area contributed by atoms with Crippen molar-refractivity contribution in [2.75, 3.05) is 26.4 Å². The van der Waals surface area contributed by atoms with Crippen LogP contribution in [0.2, 0.25) is 0 Å². The van der Waals surface area contributed by atoms with E-state index in [0.29, 0.717) is 12.0 Å². The summed E-state index contributed by atoms with van der Waals surface area (Å²) in [6.07, 6.45) is 0.815. The van der Waals surface area contributed by atoms with Crippen LogP contribution in [0.15, 0.2) is 0 Å². The van der Waals surface area contributed by atoms with E-state index in [1.165, 1.54) is 0 Å². The van der Waals surface area contributed by atoms with Crippen LogP contribution in [0.4, 0.5) is 0 Å². The zero-order valence-electron chi connectivity index (χ0n) is 9.05. The zero-order chi connectivity index (χ0) is 10.1. The first kappa shape index (κ1) is 12.9. The third-order valence-corrected chi connectivity index (χ3v) is 2.05. The van der Waals surface area contributed by atoms with Gasteiger partial charge in [-0.3, -0.25) is 0 Å². The molecule has 0 fully saturated rings. The first-order chi connectivity index (χ1) is 6.22. The van der Waals surface area contributed by atoms with E-state index in [9.17, 15) is 0 Å². The second-order valence-electron chi connectivity index (χ2n) is 3.54. The summed E-state index contributed by atoms with van der Waals surface area (Å²) < 4.78 is 5.36. The van der Waals surface area contributed by atoms with E-state index in [0.717, 1.165) is 26.2 Å². The van der Waals surface area contributed by atoms with Gasteiger partial charge in [0.25, 0.3) is 0 Å². The molecule has 3 nitrogen and oxygen atoms in total. The summed E-state index contributed by atoms with van der Waals surface area (Å²) in [6.45, 7) is 9.01. The van der Waals surface area contributed by atoms with E-state index >= 15 is 0 Å². The largest absolute Gasteiger partial charge is 0.396 e. The van der Waals surface area contributed by atoms with Gasteiger partial charge in [0.1, 0.15) is 0 Å². The molecule has 0 amide bonds. The van der Waals surface area contributed by atoms with E-state index in [2.05, 4.69) is 19.2 Å². The Morgan fingerprint density at radius 1 is 1.38 bits per heavy atom. The Labute approximate surface area is 81.5 Å². The summed E-state index contributed by atoms with van der Waals surface area (Å²) >= 11 is 0. The Morgan fingerprint density at radius 2 is 2.08 bits per heavy atom. The fourth-order valence-electron chi connectivity index (χ4n) is 1.10. The Kier molecular flexibility index (Phi) is 8.40. The van der Waals surface area contributed by atoms with Crippen molar-refractivity contribution in [1.29, 1.82) is 0 Å². The number of aliphatic hydroxyl groups is 1. The van der Waals surface area contributed by atoms with E-state index in [1.54, 1.807) is 0 Å². The zero-order valence-corrected chi connectivity index (χ0v) is 9.05. The maximum Gasteiger partial charge on any atom is 0.0621 e. The molecular weight excluding hydrogens is 166 g/mol. The van der Waals surface area contributed by atoms with Gasteiger partial charge < -0.3 is 15.2 Å². The fourth-order valence-corrected chi connectivity index (χ4v) is 1.10. The molecule has 80 valence electrons. The summed E-state index contributed by atoms with van der Waals surface area (Å²) in [5, 5.41) is 12.0. The van der Waals surface area contributed by atoms with Crippen LogP contribution in [-0.4, -0.2) is 37.5 Å². The van der Waals surface area contributed by atoms with Crippen LogP contribution in [0.3, 0.4) is 0 Å². The number of nitrogens with one attached hydrogen (secondary N) is 1. The van der Waals surface area contributed by atoms with Crippen molar-refractivity contribution in [2.24, 2.45) is 5.92 Å². The van der Waals surface area contributed by atoms with Crippen molar-refractivity contribution in [3.8, 4) is 0 Å². The molecule has 0 rings (SSSR count). The van der Waals surface area contributed by atoms with Crippen LogP contribution in [0.1, 0.15) is 27.2 Å². The first-order valence-electron chi connectivity index (χ1n) is 5.14. The standard InChI is InChI=1S/C10H23NO2/c1-4-13-8-10(9(2)3)11-6-5-7-12/h9-12H,4-8H2,1-3H3. The highest BCUT2D eigenvalue weighted by atomic mass is 16.5. The Hall–Kier alpha value is -0.120. The highest BCUT2D eigenvalue weighted by Gasteiger charge is 2.11. The summed E-state index contributed by atoms with van der Waals surface area (Å²) in [7, 11) is 0. The van der Waals surface area contributed by atoms with Crippen LogP contribution in [-0.2, 0) is 4.74 Å². The Bertz CT molecular complexity index is 107. The molecule has 0 radical (unpaired) electrons. The molecule has 0 aliphatic heterocycles. The SMILES string of the molecule is CCOCC(NCCCO)C(C)C. The summed E-state index contributed by atoms with van der Waals surface area (Å²) in [5.41, 5.74) is 0.